The van der Waals surface area contributed by atoms with Crippen molar-refractivity contribution >= 4 is 6.09 Å². The number of hydrogen-bond acceptors (Lipinski definition) is 4. The van der Waals surface area contributed by atoms with Crippen molar-refractivity contribution < 1.29 is 18.7 Å². The molecule has 1 aliphatic heterocycles. The molecular weight excluding hydrogens is 347 g/mol. The molecular formula is C21H33FN2O3. The van der Waals surface area contributed by atoms with Crippen molar-refractivity contribution in [2.24, 2.45) is 5.92 Å². The van der Waals surface area contributed by atoms with Crippen molar-refractivity contribution in [3.63, 3.8) is 0 Å². The van der Waals surface area contributed by atoms with Crippen molar-refractivity contribution in [2.45, 2.75) is 59.1 Å². The van der Waals surface area contributed by atoms with Gasteiger partial charge in [-0.2, -0.15) is 0 Å². The molecule has 2 rings (SSSR count). The second kappa shape index (κ2) is 9.93. The Morgan fingerprint density at radius 1 is 1.30 bits per heavy atom. The zero-order valence-corrected chi connectivity index (χ0v) is 17.0. The summed E-state index contributed by atoms with van der Waals surface area (Å²) in [5.74, 6) is 0.854. The normalized spacial score (nSPS) is 15.7. The zero-order valence-electron chi connectivity index (χ0n) is 17.0. The molecule has 0 radical (unpaired) electrons. The van der Waals surface area contributed by atoms with Crippen LogP contribution in [0.2, 0.25) is 0 Å². The van der Waals surface area contributed by atoms with E-state index in [1.54, 1.807) is 11.0 Å². The van der Waals surface area contributed by atoms with Gasteiger partial charge >= 0.3 is 6.09 Å². The molecule has 1 N–H and O–H groups in total. The van der Waals surface area contributed by atoms with Crippen molar-refractivity contribution in [1.82, 2.24) is 10.2 Å². The minimum Gasteiger partial charge on any atom is -0.493 e. The van der Waals surface area contributed by atoms with E-state index < -0.39 is 5.60 Å². The summed E-state index contributed by atoms with van der Waals surface area (Å²) in [6, 6.07) is 4.69. The number of carbonyl (C=O) groups is 1. The lowest BCUT2D eigenvalue weighted by Crippen LogP contribution is -2.43. The van der Waals surface area contributed by atoms with Crippen LogP contribution in [0.1, 0.15) is 52.5 Å². The summed E-state index contributed by atoms with van der Waals surface area (Å²) in [4.78, 5) is 13.9. The van der Waals surface area contributed by atoms with Gasteiger partial charge in [0, 0.05) is 31.3 Å². The fourth-order valence-electron chi connectivity index (χ4n) is 3.08. The predicted molar refractivity (Wildman–Crippen MR) is 104 cm³/mol. The van der Waals surface area contributed by atoms with Crippen molar-refractivity contribution in [3.05, 3.63) is 29.6 Å². The maximum absolute atomic E-state index is 13.4. The molecule has 1 saturated heterocycles. The van der Waals surface area contributed by atoms with Gasteiger partial charge in [-0.15, -0.1) is 0 Å². The number of rotatable bonds is 7. The Morgan fingerprint density at radius 2 is 2.00 bits per heavy atom. The number of benzene rings is 1. The molecule has 0 aliphatic carbocycles. The number of halogens is 1. The molecule has 1 fully saturated rings. The molecule has 0 saturated carbocycles. The van der Waals surface area contributed by atoms with Gasteiger partial charge in [0.15, 0.2) is 0 Å². The van der Waals surface area contributed by atoms with Crippen LogP contribution in [0, 0.1) is 11.7 Å². The second-order valence-corrected chi connectivity index (χ2v) is 8.14. The fraction of sp³-hybridized carbons (Fsp3) is 0.667. The number of nitrogens with one attached hydrogen (secondary N) is 1. The van der Waals surface area contributed by atoms with Gasteiger partial charge in [-0.25, -0.2) is 9.18 Å². The standard InChI is InChI=1S/C21H33FN2O3/c1-5-12-26-19-13-18(22)7-6-17(19)15-23-14-16-8-10-24(11-9-16)20(25)27-21(2,3)4/h6-7,13,16,23H,5,8-12,14-15H2,1-4H3. The largest absolute Gasteiger partial charge is 0.493 e. The van der Waals surface area contributed by atoms with Crippen LogP contribution < -0.4 is 10.1 Å². The van der Waals surface area contributed by atoms with Gasteiger partial charge in [-0.3, -0.25) is 0 Å². The first-order valence-corrected chi connectivity index (χ1v) is 9.88. The van der Waals surface area contributed by atoms with Crippen LogP contribution in [-0.2, 0) is 11.3 Å². The molecule has 0 aromatic heterocycles. The highest BCUT2D eigenvalue weighted by Gasteiger charge is 2.26. The van der Waals surface area contributed by atoms with Gasteiger partial charge in [0.2, 0.25) is 0 Å². The molecule has 1 heterocycles. The van der Waals surface area contributed by atoms with E-state index in [0.717, 1.165) is 44.5 Å². The Morgan fingerprint density at radius 3 is 2.63 bits per heavy atom. The van der Waals surface area contributed by atoms with Crippen LogP contribution in [0.5, 0.6) is 5.75 Å². The summed E-state index contributed by atoms with van der Waals surface area (Å²) in [5, 5.41) is 3.45. The first kappa shape index (κ1) is 21.5. The van der Waals surface area contributed by atoms with E-state index in [1.807, 2.05) is 27.7 Å². The van der Waals surface area contributed by atoms with E-state index in [9.17, 15) is 9.18 Å². The number of likely N-dealkylation sites (tertiary alicyclic amines) is 1. The lowest BCUT2D eigenvalue weighted by Gasteiger charge is -2.33. The minimum atomic E-state index is -0.456. The second-order valence-electron chi connectivity index (χ2n) is 8.14. The maximum Gasteiger partial charge on any atom is 0.410 e. The average Bonchev–Trinajstić information content (AvgIpc) is 2.60. The predicted octanol–water partition coefficient (Wildman–Crippen LogP) is 4.35. The Balaban J connectivity index is 1.75. The van der Waals surface area contributed by atoms with E-state index in [2.05, 4.69) is 5.32 Å². The number of nitrogens with zero attached hydrogens (tertiary/aromatic N) is 1. The topological polar surface area (TPSA) is 50.8 Å². The molecule has 0 unspecified atom stereocenters. The monoisotopic (exact) mass is 380 g/mol. The van der Waals surface area contributed by atoms with Crippen LogP contribution in [-0.4, -0.2) is 42.8 Å². The summed E-state index contributed by atoms with van der Waals surface area (Å²) in [6.45, 7) is 11.2. The highest BCUT2D eigenvalue weighted by Crippen LogP contribution is 2.22. The first-order chi connectivity index (χ1) is 12.8. The summed E-state index contributed by atoms with van der Waals surface area (Å²) < 4.78 is 24.5. The van der Waals surface area contributed by atoms with Gasteiger partial charge in [0.25, 0.3) is 0 Å². The summed E-state index contributed by atoms with van der Waals surface area (Å²) in [6.07, 6.45) is 2.57. The van der Waals surface area contributed by atoms with Gasteiger partial charge in [0.1, 0.15) is 17.2 Å². The van der Waals surface area contributed by atoms with Gasteiger partial charge < -0.3 is 19.7 Å². The SMILES string of the molecule is CCCOc1cc(F)ccc1CNCC1CCN(C(=O)OC(C)(C)C)CC1. The molecule has 152 valence electrons. The number of hydrogen-bond donors (Lipinski definition) is 1. The molecule has 1 aromatic rings. The third-order valence-corrected chi connectivity index (χ3v) is 4.51. The van der Waals surface area contributed by atoms with Gasteiger partial charge in [0.05, 0.1) is 6.61 Å². The molecule has 1 aliphatic rings. The highest BCUT2D eigenvalue weighted by atomic mass is 19.1. The first-order valence-electron chi connectivity index (χ1n) is 9.88. The van der Waals surface area contributed by atoms with Crippen molar-refractivity contribution in [3.8, 4) is 5.75 Å². The fourth-order valence-corrected chi connectivity index (χ4v) is 3.08. The molecule has 1 aromatic carbocycles. The summed E-state index contributed by atoms with van der Waals surface area (Å²) in [5.41, 5.74) is 0.512. The average molecular weight is 381 g/mol. The van der Waals surface area contributed by atoms with E-state index in [-0.39, 0.29) is 11.9 Å². The number of ether oxygens (including phenoxy) is 2. The Labute approximate surface area is 162 Å². The van der Waals surface area contributed by atoms with Crippen LogP contribution in [0.25, 0.3) is 0 Å². The Hall–Kier alpha value is -1.82. The van der Waals surface area contributed by atoms with Crippen LogP contribution >= 0.6 is 0 Å². The number of piperidine rings is 1. The minimum absolute atomic E-state index is 0.224. The lowest BCUT2D eigenvalue weighted by atomic mass is 9.97. The van der Waals surface area contributed by atoms with Gasteiger partial charge in [-0.1, -0.05) is 13.0 Å². The molecule has 6 heteroatoms. The summed E-state index contributed by atoms with van der Waals surface area (Å²) in [7, 11) is 0. The van der Waals surface area contributed by atoms with Gasteiger partial charge in [-0.05, 0) is 58.6 Å². The lowest BCUT2D eigenvalue weighted by molar-refractivity contribution is 0.0184. The van der Waals surface area contributed by atoms with Crippen molar-refractivity contribution in [1.29, 1.82) is 0 Å². The van der Waals surface area contributed by atoms with Crippen LogP contribution in [0.3, 0.4) is 0 Å². The molecule has 1 amide bonds. The third kappa shape index (κ3) is 7.37. The van der Waals surface area contributed by atoms with Crippen LogP contribution in [0.15, 0.2) is 18.2 Å². The molecule has 0 bridgehead atoms. The third-order valence-electron chi connectivity index (χ3n) is 4.51. The van der Waals surface area contributed by atoms with Crippen molar-refractivity contribution in [2.75, 3.05) is 26.2 Å². The zero-order chi connectivity index (χ0) is 19.9. The smallest absolute Gasteiger partial charge is 0.410 e. The Bertz CT molecular complexity index is 608. The van der Waals surface area contributed by atoms with E-state index >= 15 is 0 Å². The molecule has 0 atom stereocenters. The molecule has 0 spiro atoms. The highest BCUT2D eigenvalue weighted by molar-refractivity contribution is 5.68. The van der Waals surface area contributed by atoms with Crippen LogP contribution in [0.4, 0.5) is 9.18 Å². The number of carbonyl (C=O) groups excluding carboxylic acids is 1. The summed E-state index contributed by atoms with van der Waals surface area (Å²) >= 11 is 0. The van der Waals surface area contributed by atoms with E-state index in [1.165, 1.54) is 12.1 Å². The van der Waals surface area contributed by atoms with E-state index in [4.69, 9.17) is 9.47 Å². The Kier molecular flexibility index (Phi) is 7.90. The quantitative estimate of drug-likeness (QED) is 0.764. The maximum atomic E-state index is 13.4. The van der Waals surface area contributed by atoms with E-state index in [0.29, 0.717) is 24.8 Å². The molecule has 5 nitrogen and oxygen atoms in total. The number of amides is 1. The molecule has 27 heavy (non-hydrogen) atoms.